The van der Waals surface area contributed by atoms with E-state index in [9.17, 15) is 12.8 Å². The Morgan fingerprint density at radius 3 is 2.65 bits per heavy atom. The predicted octanol–water partition coefficient (Wildman–Crippen LogP) is 2.49. The lowest BCUT2D eigenvalue weighted by atomic mass is 10.1. The van der Waals surface area contributed by atoms with Crippen molar-refractivity contribution in [3.05, 3.63) is 23.0 Å². The SMILES string of the molecule is Cc1cc(F)c(N)c(C)c1S(=O)(=O)NCCCC1CC1. The molecule has 0 spiro atoms. The molecule has 1 aliphatic carbocycles. The van der Waals surface area contributed by atoms with Crippen molar-refractivity contribution >= 4 is 15.7 Å². The molecule has 1 fully saturated rings. The highest BCUT2D eigenvalue weighted by Gasteiger charge is 2.24. The number of sulfonamides is 1. The number of aryl methyl sites for hydroxylation is 1. The Bertz CT molecular complexity index is 610. The van der Waals surface area contributed by atoms with E-state index in [1.165, 1.54) is 25.8 Å². The normalized spacial score (nSPS) is 15.6. The second kappa shape index (κ2) is 5.69. The van der Waals surface area contributed by atoms with E-state index in [0.717, 1.165) is 18.8 Å². The largest absolute Gasteiger partial charge is 0.396 e. The molecule has 1 aromatic rings. The summed E-state index contributed by atoms with van der Waals surface area (Å²) in [6, 6.07) is 1.17. The molecule has 0 atom stereocenters. The Hall–Kier alpha value is -1.14. The fraction of sp³-hybridized carbons (Fsp3) is 0.571. The molecular formula is C14H21FN2O2S. The van der Waals surface area contributed by atoms with Crippen molar-refractivity contribution in [1.29, 1.82) is 0 Å². The highest BCUT2D eigenvalue weighted by molar-refractivity contribution is 7.89. The zero-order chi connectivity index (χ0) is 14.9. The number of anilines is 1. The van der Waals surface area contributed by atoms with Gasteiger partial charge in [0.05, 0.1) is 10.6 Å². The van der Waals surface area contributed by atoms with Crippen LogP contribution in [0.5, 0.6) is 0 Å². The summed E-state index contributed by atoms with van der Waals surface area (Å²) in [5.74, 6) is 0.206. The van der Waals surface area contributed by atoms with E-state index in [-0.39, 0.29) is 16.1 Å². The molecule has 0 heterocycles. The molecule has 0 amide bonds. The molecule has 1 saturated carbocycles. The van der Waals surface area contributed by atoms with E-state index in [4.69, 9.17) is 5.73 Å². The fourth-order valence-corrected chi connectivity index (χ4v) is 3.97. The molecule has 0 bridgehead atoms. The Morgan fingerprint density at radius 1 is 1.40 bits per heavy atom. The van der Waals surface area contributed by atoms with Crippen LogP contribution in [0.3, 0.4) is 0 Å². The zero-order valence-electron chi connectivity index (χ0n) is 11.9. The minimum Gasteiger partial charge on any atom is -0.396 e. The van der Waals surface area contributed by atoms with Crippen LogP contribution in [0.2, 0.25) is 0 Å². The average molecular weight is 300 g/mol. The number of rotatable bonds is 6. The first-order valence-corrected chi connectivity index (χ1v) is 8.36. The monoisotopic (exact) mass is 300 g/mol. The number of benzene rings is 1. The number of halogens is 1. The van der Waals surface area contributed by atoms with Crippen LogP contribution >= 0.6 is 0 Å². The van der Waals surface area contributed by atoms with Gasteiger partial charge >= 0.3 is 0 Å². The van der Waals surface area contributed by atoms with Crippen molar-refractivity contribution in [3.63, 3.8) is 0 Å². The number of nitrogens with one attached hydrogen (secondary N) is 1. The molecule has 2 rings (SSSR count). The van der Waals surface area contributed by atoms with Crippen molar-refractivity contribution in [2.45, 2.75) is 44.4 Å². The first-order chi connectivity index (χ1) is 9.33. The Balaban J connectivity index is 2.13. The smallest absolute Gasteiger partial charge is 0.241 e. The maximum atomic E-state index is 13.5. The standard InChI is InChI=1S/C14H21FN2O2S/c1-9-8-12(15)13(16)10(2)14(9)20(18,19)17-7-3-4-11-5-6-11/h8,11,17H,3-7,16H2,1-2H3. The molecule has 112 valence electrons. The van der Waals surface area contributed by atoms with Crippen LogP contribution < -0.4 is 10.5 Å². The second-order valence-corrected chi connectivity index (χ2v) is 7.23. The lowest BCUT2D eigenvalue weighted by molar-refractivity contribution is 0.570. The van der Waals surface area contributed by atoms with Crippen LogP contribution in [-0.2, 0) is 10.0 Å². The lowest BCUT2D eigenvalue weighted by Crippen LogP contribution is -2.26. The molecular weight excluding hydrogens is 279 g/mol. The van der Waals surface area contributed by atoms with Crippen LogP contribution in [0.4, 0.5) is 10.1 Å². The van der Waals surface area contributed by atoms with Crippen molar-refractivity contribution in [2.75, 3.05) is 12.3 Å². The van der Waals surface area contributed by atoms with Crippen LogP contribution in [0, 0.1) is 25.6 Å². The van der Waals surface area contributed by atoms with Gasteiger partial charge in [-0.2, -0.15) is 0 Å². The maximum Gasteiger partial charge on any atom is 0.241 e. The molecule has 4 nitrogen and oxygen atoms in total. The molecule has 3 N–H and O–H groups in total. The molecule has 0 radical (unpaired) electrons. The van der Waals surface area contributed by atoms with Gasteiger partial charge in [-0.1, -0.05) is 12.8 Å². The summed E-state index contributed by atoms with van der Waals surface area (Å²) in [5, 5.41) is 0. The minimum absolute atomic E-state index is 0.0998. The Morgan fingerprint density at radius 2 is 2.05 bits per heavy atom. The molecule has 0 saturated heterocycles. The predicted molar refractivity (Wildman–Crippen MR) is 77.4 cm³/mol. The molecule has 1 aliphatic rings. The summed E-state index contributed by atoms with van der Waals surface area (Å²) < 4.78 is 40.7. The number of hydrogen-bond acceptors (Lipinski definition) is 3. The van der Waals surface area contributed by atoms with Gasteiger partial charge < -0.3 is 5.73 Å². The second-order valence-electron chi connectivity index (χ2n) is 5.53. The van der Waals surface area contributed by atoms with Gasteiger partial charge in [0.15, 0.2) is 0 Å². The van der Waals surface area contributed by atoms with Crippen LogP contribution in [0.1, 0.15) is 36.8 Å². The molecule has 6 heteroatoms. The first kappa shape index (κ1) is 15.3. The Labute approximate surface area is 119 Å². The van der Waals surface area contributed by atoms with Crippen molar-refractivity contribution in [1.82, 2.24) is 4.72 Å². The molecule has 20 heavy (non-hydrogen) atoms. The zero-order valence-corrected chi connectivity index (χ0v) is 12.7. The van der Waals surface area contributed by atoms with Crippen LogP contribution in [0.25, 0.3) is 0 Å². The summed E-state index contributed by atoms with van der Waals surface area (Å²) >= 11 is 0. The third-order valence-electron chi connectivity index (χ3n) is 3.75. The number of hydrogen-bond donors (Lipinski definition) is 2. The quantitative estimate of drug-likeness (QED) is 0.626. The molecule has 1 aromatic carbocycles. The van der Waals surface area contributed by atoms with Gasteiger partial charge in [0.25, 0.3) is 0 Å². The average Bonchev–Trinajstić information content (AvgIpc) is 3.15. The number of nitrogen functional groups attached to an aromatic ring is 1. The third kappa shape index (κ3) is 3.30. The molecule has 0 aromatic heterocycles. The Kier molecular flexibility index (Phi) is 4.34. The molecule has 0 aliphatic heterocycles. The van der Waals surface area contributed by atoms with Gasteiger partial charge in [-0.15, -0.1) is 0 Å². The van der Waals surface area contributed by atoms with Gasteiger partial charge in [-0.25, -0.2) is 17.5 Å². The number of nitrogens with two attached hydrogens (primary N) is 1. The molecule has 0 unspecified atom stereocenters. The van der Waals surface area contributed by atoms with E-state index in [2.05, 4.69) is 4.72 Å². The van der Waals surface area contributed by atoms with E-state index in [0.29, 0.717) is 12.1 Å². The first-order valence-electron chi connectivity index (χ1n) is 6.87. The van der Waals surface area contributed by atoms with E-state index in [1.807, 2.05) is 0 Å². The minimum atomic E-state index is -3.64. The van der Waals surface area contributed by atoms with Crippen molar-refractivity contribution < 1.29 is 12.8 Å². The topological polar surface area (TPSA) is 72.2 Å². The van der Waals surface area contributed by atoms with E-state index in [1.54, 1.807) is 6.92 Å². The van der Waals surface area contributed by atoms with Crippen molar-refractivity contribution in [2.24, 2.45) is 5.92 Å². The summed E-state index contributed by atoms with van der Waals surface area (Å²) in [4.78, 5) is 0.0998. The van der Waals surface area contributed by atoms with E-state index < -0.39 is 15.8 Å². The van der Waals surface area contributed by atoms with Gasteiger partial charge in [0.1, 0.15) is 5.82 Å². The van der Waals surface area contributed by atoms with Crippen molar-refractivity contribution in [3.8, 4) is 0 Å². The highest BCUT2D eigenvalue weighted by atomic mass is 32.2. The highest BCUT2D eigenvalue weighted by Crippen LogP contribution is 2.33. The summed E-state index contributed by atoms with van der Waals surface area (Å²) in [7, 11) is -3.64. The van der Waals surface area contributed by atoms with Gasteiger partial charge in [0.2, 0.25) is 10.0 Å². The van der Waals surface area contributed by atoms with Gasteiger partial charge in [0, 0.05) is 6.54 Å². The fourth-order valence-electron chi connectivity index (χ4n) is 2.42. The van der Waals surface area contributed by atoms with E-state index >= 15 is 0 Å². The lowest BCUT2D eigenvalue weighted by Gasteiger charge is -2.14. The van der Waals surface area contributed by atoms with Crippen LogP contribution in [-0.4, -0.2) is 15.0 Å². The summed E-state index contributed by atoms with van der Waals surface area (Å²) in [5.41, 5.74) is 6.13. The van der Waals surface area contributed by atoms with Crippen LogP contribution in [0.15, 0.2) is 11.0 Å². The van der Waals surface area contributed by atoms with Gasteiger partial charge in [-0.05, 0) is 49.8 Å². The van der Waals surface area contributed by atoms with Gasteiger partial charge in [-0.3, -0.25) is 0 Å². The maximum absolute atomic E-state index is 13.5. The third-order valence-corrected chi connectivity index (χ3v) is 5.50. The summed E-state index contributed by atoms with van der Waals surface area (Å²) in [6.45, 7) is 3.52. The summed E-state index contributed by atoms with van der Waals surface area (Å²) in [6.07, 6.45) is 4.42.